The maximum atomic E-state index is 12.5. The number of amides is 2. The number of hydrogen-bond donors (Lipinski definition) is 5. The molecule has 23 heavy (non-hydrogen) atoms. The average molecular weight is 346 g/mol. The molecule has 0 spiro atoms. The number of rotatable bonds is 5. The highest BCUT2D eigenvalue weighted by Gasteiger charge is 2.63. The summed E-state index contributed by atoms with van der Waals surface area (Å²) in [5.41, 5.74) is -6.02. The van der Waals surface area contributed by atoms with Gasteiger partial charge in [0.05, 0.1) is 6.61 Å². The molecule has 3 saturated heterocycles. The Balaban J connectivity index is 2.38. The first-order valence-electron chi connectivity index (χ1n) is 7.28. The summed E-state index contributed by atoms with van der Waals surface area (Å²) in [7, 11) is 0. The molecule has 0 aromatic rings. The standard InChI is InChI=1S/C14H22N2O6S/c1-4-23-7-12(3,20)9(17)14-11(19)15-13(21,10(18)16-14)8(2)5-6-22-14/h9,17,20-21H,2,4-7H2,1,3H3,(H,15,19)(H,16,18)/t9-,12-,13+,14-/m0/s1. The highest BCUT2D eigenvalue weighted by molar-refractivity contribution is 7.99. The average Bonchev–Trinajstić information content (AvgIpc) is 2.48. The lowest BCUT2D eigenvalue weighted by molar-refractivity contribution is -0.223. The first kappa shape index (κ1) is 18.2. The minimum absolute atomic E-state index is 0.0527. The Kier molecular flexibility index (Phi) is 4.80. The van der Waals surface area contributed by atoms with E-state index in [1.54, 1.807) is 0 Å². The molecule has 2 bridgehead atoms. The van der Waals surface area contributed by atoms with Crippen LogP contribution in [0.4, 0.5) is 0 Å². The quantitative estimate of drug-likeness (QED) is 0.382. The maximum Gasteiger partial charge on any atom is 0.280 e. The fourth-order valence-electron chi connectivity index (χ4n) is 2.59. The van der Waals surface area contributed by atoms with Gasteiger partial charge in [-0.05, 0) is 24.7 Å². The van der Waals surface area contributed by atoms with E-state index in [-0.39, 0.29) is 24.4 Å². The van der Waals surface area contributed by atoms with Gasteiger partial charge < -0.3 is 30.7 Å². The summed E-state index contributed by atoms with van der Waals surface area (Å²) in [5.74, 6) is -1.06. The van der Waals surface area contributed by atoms with Gasteiger partial charge in [0.1, 0.15) is 11.7 Å². The van der Waals surface area contributed by atoms with E-state index in [9.17, 15) is 24.9 Å². The molecule has 3 rings (SSSR count). The lowest BCUT2D eigenvalue weighted by atomic mass is 9.85. The Labute approximate surface area is 138 Å². The van der Waals surface area contributed by atoms with Gasteiger partial charge in [0.15, 0.2) is 0 Å². The summed E-state index contributed by atoms with van der Waals surface area (Å²) in [6.45, 7) is 6.78. The van der Waals surface area contributed by atoms with E-state index >= 15 is 0 Å². The number of carbonyl (C=O) groups excluding carboxylic acids is 2. The van der Waals surface area contributed by atoms with Crippen LogP contribution in [-0.2, 0) is 14.3 Å². The molecule has 130 valence electrons. The Morgan fingerprint density at radius 2 is 2.09 bits per heavy atom. The number of ether oxygens (including phenoxy) is 1. The van der Waals surface area contributed by atoms with Crippen LogP contribution >= 0.6 is 11.8 Å². The van der Waals surface area contributed by atoms with E-state index in [1.807, 2.05) is 6.92 Å². The van der Waals surface area contributed by atoms with E-state index in [0.29, 0.717) is 5.75 Å². The van der Waals surface area contributed by atoms with Crippen molar-refractivity contribution < 1.29 is 29.6 Å². The van der Waals surface area contributed by atoms with E-state index in [1.165, 1.54) is 18.7 Å². The van der Waals surface area contributed by atoms with Crippen LogP contribution in [0, 0.1) is 0 Å². The van der Waals surface area contributed by atoms with Gasteiger partial charge in [-0.3, -0.25) is 9.59 Å². The van der Waals surface area contributed by atoms with Crippen molar-refractivity contribution in [3.8, 4) is 0 Å². The summed E-state index contributed by atoms with van der Waals surface area (Å²) >= 11 is 1.37. The molecule has 2 amide bonds. The van der Waals surface area contributed by atoms with E-state index in [0.717, 1.165) is 0 Å². The molecule has 0 aliphatic carbocycles. The molecule has 0 aromatic carbocycles. The molecule has 8 nitrogen and oxygen atoms in total. The molecule has 4 atom stereocenters. The first-order valence-corrected chi connectivity index (χ1v) is 8.43. The predicted octanol–water partition coefficient (Wildman–Crippen LogP) is -1.54. The molecule has 3 fully saturated rings. The maximum absolute atomic E-state index is 12.5. The van der Waals surface area contributed by atoms with Crippen molar-refractivity contribution in [1.82, 2.24) is 10.6 Å². The molecule has 0 aromatic heterocycles. The van der Waals surface area contributed by atoms with Gasteiger partial charge in [0, 0.05) is 5.75 Å². The van der Waals surface area contributed by atoms with Crippen LogP contribution in [0.15, 0.2) is 12.2 Å². The van der Waals surface area contributed by atoms with E-state index in [2.05, 4.69) is 17.2 Å². The number of carbonyl (C=O) groups is 2. The van der Waals surface area contributed by atoms with Crippen molar-refractivity contribution in [2.45, 2.75) is 43.4 Å². The third-order valence-electron chi connectivity index (χ3n) is 4.08. The summed E-state index contributed by atoms with van der Waals surface area (Å²) < 4.78 is 5.45. The largest absolute Gasteiger partial charge is 0.386 e. The molecule has 0 unspecified atom stereocenters. The highest BCUT2D eigenvalue weighted by atomic mass is 32.2. The minimum Gasteiger partial charge on any atom is -0.386 e. The van der Waals surface area contributed by atoms with Crippen LogP contribution in [-0.4, -0.2) is 68.4 Å². The Morgan fingerprint density at radius 3 is 2.70 bits per heavy atom. The number of piperazine rings is 1. The lowest BCUT2D eigenvalue weighted by Crippen LogP contribution is -2.82. The van der Waals surface area contributed by atoms with Gasteiger partial charge in [0.25, 0.3) is 17.5 Å². The van der Waals surface area contributed by atoms with Crippen molar-refractivity contribution in [2.75, 3.05) is 18.1 Å². The van der Waals surface area contributed by atoms with Crippen molar-refractivity contribution in [3.63, 3.8) is 0 Å². The molecule has 0 saturated carbocycles. The zero-order chi connectivity index (χ0) is 17.5. The van der Waals surface area contributed by atoms with Crippen molar-refractivity contribution in [3.05, 3.63) is 12.2 Å². The highest BCUT2D eigenvalue weighted by Crippen LogP contribution is 2.34. The molecule has 0 radical (unpaired) electrons. The number of aliphatic hydroxyl groups is 3. The zero-order valence-corrected chi connectivity index (χ0v) is 13.9. The molecule has 3 heterocycles. The summed E-state index contributed by atoms with van der Waals surface area (Å²) in [4.78, 5) is 24.7. The summed E-state index contributed by atoms with van der Waals surface area (Å²) in [6, 6.07) is 0. The monoisotopic (exact) mass is 346 g/mol. The third kappa shape index (κ3) is 2.87. The Hall–Kier alpha value is -1.13. The number of aliphatic hydroxyl groups excluding tert-OH is 1. The summed E-state index contributed by atoms with van der Waals surface area (Å²) in [6.07, 6.45) is -1.61. The van der Waals surface area contributed by atoms with Crippen LogP contribution < -0.4 is 10.6 Å². The van der Waals surface area contributed by atoms with Crippen molar-refractivity contribution in [2.24, 2.45) is 0 Å². The van der Waals surface area contributed by atoms with E-state index in [4.69, 9.17) is 4.74 Å². The van der Waals surface area contributed by atoms with Gasteiger partial charge in [0.2, 0.25) is 5.72 Å². The Bertz CT molecular complexity index is 539. The summed E-state index contributed by atoms with van der Waals surface area (Å²) in [5, 5.41) is 35.8. The van der Waals surface area contributed by atoms with Crippen LogP contribution in [0.1, 0.15) is 20.3 Å². The molecule has 3 aliphatic rings. The van der Waals surface area contributed by atoms with Crippen LogP contribution in [0.25, 0.3) is 0 Å². The SMILES string of the molecule is C=C1CCO[C@]2([C@@H](O)[C@@](C)(O)CSCC)NC(=O)[C@@]1(O)NC2=O. The molecule has 5 N–H and O–H groups in total. The second kappa shape index (κ2) is 6.06. The fraction of sp³-hybridized carbons (Fsp3) is 0.714. The van der Waals surface area contributed by atoms with Gasteiger partial charge in [-0.1, -0.05) is 13.5 Å². The molecular formula is C14H22N2O6S. The van der Waals surface area contributed by atoms with Gasteiger partial charge in [-0.2, -0.15) is 11.8 Å². The number of hydrogen-bond acceptors (Lipinski definition) is 7. The van der Waals surface area contributed by atoms with Crippen LogP contribution in [0.2, 0.25) is 0 Å². The Morgan fingerprint density at radius 1 is 1.43 bits per heavy atom. The fourth-order valence-corrected chi connectivity index (χ4v) is 3.37. The second-order valence-corrected chi connectivity index (χ2v) is 7.23. The van der Waals surface area contributed by atoms with Crippen LogP contribution in [0.3, 0.4) is 0 Å². The minimum atomic E-state index is -2.24. The van der Waals surface area contributed by atoms with Crippen LogP contribution in [0.5, 0.6) is 0 Å². The molecular weight excluding hydrogens is 324 g/mol. The second-order valence-electron chi connectivity index (χ2n) is 5.95. The number of thioether (sulfide) groups is 1. The van der Waals surface area contributed by atoms with Gasteiger partial charge in [-0.15, -0.1) is 0 Å². The van der Waals surface area contributed by atoms with Crippen molar-refractivity contribution in [1.29, 1.82) is 0 Å². The smallest absolute Gasteiger partial charge is 0.280 e. The third-order valence-corrected chi connectivity index (χ3v) is 5.27. The predicted molar refractivity (Wildman–Crippen MR) is 83.3 cm³/mol. The number of fused-ring (bicyclic) bond motifs is 5. The first-order chi connectivity index (χ1) is 10.6. The van der Waals surface area contributed by atoms with E-state index < -0.39 is 35.0 Å². The topological polar surface area (TPSA) is 128 Å². The zero-order valence-electron chi connectivity index (χ0n) is 13.1. The normalized spacial score (nSPS) is 34.9. The lowest BCUT2D eigenvalue weighted by Gasteiger charge is -2.50. The van der Waals surface area contributed by atoms with Gasteiger partial charge in [-0.25, -0.2) is 0 Å². The van der Waals surface area contributed by atoms with Gasteiger partial charge >= 0.3 is 0 Å². The van der Waals surface area contributed by atoms with Crippen molar-refractivity contribution >= 4 is 23.6 Å². The molecule has 3 aliphatic heterocycles. The number of nitrogens with one attached hydrogen (secondary N) is 2. The molecule has 9 heteroatoms.